The Bertz CT molecular complexity index is 426. The summed E-state index contributed by atoms with van der Waals surface area (Å²) >= 11 is 0. The lowest BCUT2D eigenvalue weighted by molar-refractivity contribution is -0.117. The second kappa shape index (κ2) is 5.87. The smallest absolute Gasteiger partial charge is 0.241 e. The van der Waals surface area contributed by atoms with Gasteiger partial charge in [0.25, 0.3) is 0 Å². The zero-order valence-corrected chi connectivity index (χ0v) is 11.0. The largest absolute Gasteiger partial charge is 0.494 e. The summed E-state index contributed by atoms with van der Waals surface area (Å²) in [5.74, 6) is 0.895. The van der Waals surface area contributed by atoms with Gasteiger partial charge in [-0.15, -0.1) is 0 Å². The van der Waals surface area contributed by atoms with Crippen LogP contribution in [-0.2, 0) is 4.79 Å². The molecule has 2 rings (SSSR count). The summed E-state index contributed by atoms with van der Waals surface area (Å²) in [6, 6.07) is 5.68. The molecule has 0 saturated carbocycles. The number of nitrogens with one attached hydrogen (secondary N) is 2. The van der Waals surface area contributed by atoms with Gasteiger partial charge in [0.05, 0.1) is 12.6 Å². The maximum atomic E-state index is 12.0. The van der Waals surface area contributed by atoms with Gasteiger partial charge in [0.1, 0.15) is 5.75 Å². The van der Waals surface area contributed by atoms with E-state index in [1.165, 1.54) is 0 Å². The minimum Gasteiger partial charge on any atom is -0.494 e. The number of carbonyl (C=O) groups is 1. The molecule has 1 aromatic rings. The molecule has 4 nitrogen and oxygen atoms in total. The number of rotatable bonds is 4. The lowest BCUT2D eigenvalue weighted by Gasteiger charge is -2.14. The molecule has 0 unspecified atom stereocenters. The first-order valence-electron chi connectivity index (χ1n) is 6.48. The summed E-state index contributed by atoms with van der Waals surface area (Å²) in [5.41, 5.74) is 1.88. The second-order valence-electron chi connectivity index (χ2n) is 4.55. The van der Waals surface area contributed by atoms with Crippen molar-refractivity contribution in [2.45, 2.75) is 32.7 Å². The molecule has 1 aliphatic heterocycles. The third-order valence-corrected chi connectivity index (χ3v) is 3.14. The Labute approximate surface area is 108 Å². The Morgan fingerprint density at radius 2 is 2.39 bits per heavy atom. The van der Waals surface area contributed by atoms with Crippen LogP contribution in [0.5, 0.6) is 5.75 Å². The van der Waals surface area contributed by atoms with Crippen molar-refractivity contribution in [3.8, 4) is 5.75 Å². The molecule has 1 fully saturated rings. The van der Waals surface area contributed by atoms with Crippen LogP contribution in [-0.4, -0.2) is 25.1 Å². The van der Waals surface area contributed by atoms with Gasteiger partial charge >= 0.3 is 0 Å². The van der Waals surface area contributed by atoms with Crippen LogP contribution in [0.15, 0.2) is 18.2 Å². The van der Waals surface area contributed by atoms with Crippen molar-refractivity contribution in [2.75, 3.05) is 18.5 Å². The first kappa shape index (κ1) is 12.9. The average molecular weight is 248 g/mol. The fourth-order valence-corrected chi connectivity index (χ4v) is 2.16. The van der Waals surface area contributed by atoms with Gasteiger partial charge < -0.3 is 15.4 Å². The van der Waals surface area contributed by atoms with Crippen molar-refractivity contribution < 1.29 is 9.53 Å². The fourth-order valence-electron chi connectivity index (χ4n) is 2.16. The molecule has 1 saturated heterocycles. The summed E-state index contributed by atoms with van der Waals surface area (Å²) in [4.78, 5) is 12.0. The van der Waals surface area contributed by atoms with E-state index in [1.54, 1.807) is 0 Å². The molecule has 0 radical (unpaired) electrons. The van der Waals surface area contributed by atoms with Crippen LogP contribution in [0.25, 0.3) is 0 Å². The van der Waals surface area contributed by atoms with Crippen LogP contribution in [0.4, 0.5) is 5.69 Å². The molecule has 0 aliphatic carbocycles. The minimum absolute atomic E-state index is 0.0454. The predicted molar refractivity (Wildman–Crippen MR) is 72.0 cm³/mol. The van der Waals surface area contributed by atoms with Gasteiger partial charge in [-0.25, -0.2) is 0 Å². The van der Waals surface area contributed by atoms with Crippen LogP contribution in [0.2, 0.25) is 0 Å². The van der Waals surface area contributed by atoms with Crippen LogP contribution in [0, 0.1) is 6.92 Å². The summed E-state index contributed by atoms with van der Waals surface area (Å²) in [5, 5.41) is 6.16. The van der Waals surface area contributed by atoms with Crippen LogP contribution >= 0.6 is 0 Å². The fraction of sp³-hybridized carbons (Fsp3) is 0.500. The monoisotopic (exact) mass is 248 g/mol. The molecule has 0 aromatic heterocycles. The lowest BCUT2D eigenvalue weighted by Crippen LogP contribution is -2.35. The Hall–Kier alpha value is -1.55. The van der Waals surface area contributed by atoms with Crippen molar-refractivity contribution in [3.05, 3.63) is 23.8 Å². The molecule has 2 N–H and O–H groups in total. The first-order chi connectivity index (χ1) is 8.70. The number of benzene rings is 1. The molecule has 1 aliphatic rings. The summed E-state index contributed by atoms with van der Waals surface area (Å²) in [7, 11) is 0. The van der Waals surface area contributed by atoms with E-state index in [-0.39, 0.29) is 11.9 Å². The highest BCUT2D eigenvalue weighted by Gasteiger charge is 2.22. The van der Waals surface area contributed by atoms with E-state index in [1.807, 2.05) is 32.0 Å². The molecular weight excluding hydrogens is 228 g/mol. The van der Waals surface area contributed by atoms with Crippen molar-refractivity contribution in [1.29, 1.82) is 0 Å². The Balaban J connectivity index is 2.02. The van der Waals surface area contributed by atoms with Gasteiger partial charge in [0, 0.05) is 5.69 Å². The highest BCUT2D eigenvalue weighted by Crippen LogP contribution is 2.22. The standard InChI is InChI=1S/C14H20N2O2/c1-3-18-11-6-7-12(10(2)9-11)16-14(17)13-5-4-8-15-13/h6-7,9,13,15H,3-5,8H2,1-2H3,(H,16,17)/t13-/m0/s1. The third kappa shape index (κ3) is 3.01. The quantitative estimate of drug-likeness (QED) is 0.857. The lowest BCUT2D eigenvalue weighted by atomic mass is 10.1. The number of ether oxygens (including phenoxy) is 1. The van der Waals surface area contributed by atoms with Gasteiger partial charge in [0.15, 0.2) is 0 Å². The molecular formula is C14H20N2O2. The second-order valence-corrected chi connectivity index (χ2v) is 4.55. The van der Waals surface area contributed by atoms with Crippen molar-refractivity contribution >= 4 is 11.6 Å². The van der Waals surface area contributed by atoms with E-state index in [9.17, 15) is 4.79 Å². The molecule has 0 bridgehead atoms. The molecule has 98 valence electrons. The van der Waals surface area contributed by atoms with Crippen molar-refractivity contribution in [1.82, 2.24) is 5.32 Å². The van der Waals surface area contributed by atoms with Crippen molar-refractivity contribution in [2.24, 2.45) is 0 Å². The summed E-state index contributed by atoms with van der Waals surface area (Å²) < 4.78 is 5.42. The van der Waals surface area contributed by atoms with E-state index >= 15 is 0 Å². The Kier molecular flexibility index (Phi) is 4.20. The van der Waals surface area contributed by atoms with E-state index in [0.29, 0.717) is 6.61 Å². The van der Waals surface area contributed by atoms with Gasteiger partial charge in [-0.3, -0.25) is 4.79 Å². The molecule has 4 heteroatoms. The maximum absolute atomic E-state index is 12.0. The van der Waals surface area contributed by atoms with Gasteiger partial charge in [-0.2, -0.15) is 0 Å². The summed E-state index contributed by atoms with van der Waals surface area (Å²) in [6.45, 7) is 5.51. The maximum Gasteiger partial charge on any atom is 0.241 e. The van der Waals surface area contributed by atoms with E-state index in [2.05, 4.69) is 10.6 Å². The number of anilines is 1. The Morgan fingerprint density at radius 3 is 3.00 bits per heavy atom. The number of carbonyl (C=O) groups excluding carboxylic acids is 1. The van der Waals surface area contributed by atoms with E-state index in [4.69, 9.17) is 4.74 Å². The topological polar surface area (TPSA) is 50.4 Å². The van der Waals surface area contributed by atoms with Gasteiger partial charge in [-0.05, 0) is 57.0 Å². The highest BCUT2D eigenvalue weighted by atomic mass is 16.5. The molecule has 1 atom stereocenters. The first-order valence-corrected chi connectivity index (χ1v) is 6.48. The normalized spacial score (nSPS) is 18.7. The number of hydrogen-bond donors (Lipinski definition) is 2. The molecule has 1 amide bonds. The Morgan fingerprint density at radius 1 is 1.56 bits per heavy atom. The average Bonchev–Trinajstić information content (AvgIpc) is 2.86. The van der Waals surface area contributed by atoms with Crippen molar-refractivity contribution in [3.63, 3.8) is 0 Å². The zero-order chi connectivity index (χ0) is 13.0. The number of amides is 1. The van der Waals surface area contributed by atoms with Crippen LogP contribution in [0.1, 0.15) is 25.3 Å². The van der Waals surface area contributed by atoms with E-state index < -0.39 is 0 Å². The van der Waals surface area contributed by atoms with E-state index in [0.717, 1.165) is 36.4 Å². The molecule has 0 spiro atoms. The molecule has 1 aromatic carbocycles. The zero-order valence-electron chi connectivity index (χ0n) is 11.0. The SMILES string of the molecule is CCOc1ccc(NC(=O)[C@@H]2CCCN2)c(C)c1. The van der Waals surface area contributed by atoms with Crippen LogP contribution < -0.4 is 15.4 Å². The third-order valence-electron chi connectivity index (χ3n) is 3.14. The predicted octanol–water partition coefficient (Wildman–Crippen LogP) is 2.08. The van der Waals surface area contributed by atoms with Gasteiger partial charge in [-0.1, -0.05) is 0 Å². The number of hydrogen-bond acceptors (Lipinski definition) is 3. The summed E-state index contributed by atoms with van der Waals surface area (Å²) in [6.07, 6.45) is 1.99. The molecule has 1 heterocycles. The number of aryl methyl sites for hydroxylation is 1. The molecule has 18 heavy (non-hydrogen) atoms. The minimum atomic E-state index is -0.0454. The highest BCUT2D eigenvalue weighted by molar-refractivity contribution is 5.95. The van der Waals surface area contributed by atoms with Crippen LogP contribution in [0.3, 0.4) is 0 Å². The van der Waals surface area contributed by atoms with Gasteiger partial charge in [0.2, 0.25) is 5.91 Å².